The Hall–Kier alpha value is -0.810. The van der Waals surface area contributed by atoms with Gasteiger partial charge in [-0.15, -0.1) is 0 Å². The van der Waals surface area contributed by atoms with Crippen LogP contribution in [0.5, 0.6) is 0 Å². The first-order valence-electron chi connectivity index (χ1n) is 9.54. The number of rotatable bonds is 5. The number of nitrogens with zero attached hydrogens (tertiary/aromatic N) is 3. The molecule has 1 aliphatic carbocycles. The van der Waals surface area contributed by atoms with Crippen LogP contribution in [0.15, 0.2) is 4.99 Å². The Morgan fingerprint density at radius 2 is 2.00 bits per heavy atom. The lowest BCUT2D eigenvalue weighted by Gasteiger charge is -2.38. The van der Waals surface area contributed by atoms with Crippen LogP contribution in [-0.4, -0.2) is 74.8 Å². The predicted molar refractivity (Wildman–Crippen MR) is 94.9 cm³/mol. The second-order valence-electron chi connectivity index (χ2n) is 7.74. The molecule has 3 fully saturated rings. The summed E-state index contributed by atoms with van der Waals surface area (Å²) in [4.78, 5) is 9.97. The third kappa shape index (κ3) is 4.38. The molecular weight excluding hydrogens is 288 g/mol. The standard InChI is InChI=1S/C18H34N4O/c1-3-19-17(22-8-7-18(15-22)5-4-6-18)20-13-16(2)14-21-9-11-23-12-10-21/h16H,3-15H2,1-2H3,(H,19,20). The van der Waals surface area contributed by atoms with E-state index in [0.29, 0.717) is 11.3 Å². The molecule has 0 radical (unpaired) electrons. The van der Waals surface area contributed by atoms with Crippen molar-refractivity contribution in [3.8, 4) is 0 Å². The Labute approximate surface area is 141 Å². The summed E-state index contributed by atoms with van der Waals surface area (Å²) in [5.74, 6) is 1.74. The van der Waals surface area contributed by atoms with Crippen molar-refractivity contribution in [2.45, 2.75) is 39.5 Å². The SMILES string of the molecule is CCNC(=NCC(C)CN1CCOCC1)N1CCC2(CCC2)C1. The molecule has 132 valence electrons. The zero-order valence-corrected chi connectivity index (χ0v) is 15.0. The van der Waals surface area contributed by atoms with Gasteiger partial charge in [-0.05, 0) is 37.5 Å². The molecule has 0 aromatic heterocycles. The minimum absolute atomic E-state index is 0.599. The van der Waals surface area contributed by atoms with Crippen LogP contribution in [0.3, 0.4) is 0 Å². The van der Waals surface area contributed by atoms with Gasteiger partial charge >= 0.3 is 0 Å². The lowest BCUT2D eigenvalue weighted by atomic mass is 9.68. The Morgan fingerprint density at radius 3 is 2.61 bits per heavy atom. The monoisotopic (exact) mass is 322 g/mol. The van der Waals surface area contributed by atoms with Gasteiger partial charge < -0.3 is 15.0 Å². The molecule has 3 aliphatic rings. The highest BCUT2D eigenvalue weighted by molar-refractivity contribution is 5.80. The highest BCUT2D eigenvalue weighted by Gasteiger charge is 2.43. The Morgan fingerprint density at radius 1 is 1.22 bits per heavy atom. The van der Waals surface area contributed by atoms with Crippen molar-refractivity contribution in [2.24, 2.45) is 16.3 Å². The summed E-state index contributed by atoms with van der Waals surface area (Å²) < 4.78 is 5.43. The average molecular weight is 322 g/mol. The lowest BCUT2D eigenvalue weighted by Crippen LogP contribution is -2.43. The molecule has 1 spiro atoms. The van der Waals surface area contributed by atoms with Gasteiger partial charge in [-0.3, -0.25) is 9.89 Å². The van der Waals surface area contributed by atoms with Crippen molar-refractivity contribution < 1.29 is 4.74 Å². The van der Waals surface area contributed by atoms with Crippen molar-refractivity contribution in [2.75, 3.05) is 59.0 Å². The minimum atomic E-state index is 0.599. The van der Waals surface area contributed by atoms with Gasteiger partial charge in [0, 0.05) is 45.8 Å². The van der Waals surface area contributed by atoms with Crippen molar-refractivity contribution in [3.63, 3.8) is 0 Å². The maximum atomic E-state index is 5.43. The summed E-state index contributed by atoms with van der Waals surface area (Å²) in [5.41, 5.74) is 0.635. The van der Waals surface area contributed by atoms with Crippen molar-refractivity contribution in [1.82, 2.24) is 15.1 Å². The summed E-state index contributed by atoms with van der Waals surface area (Å²) in [7, 11) is 0. The van der Waals surface area contributed by atoms with Crippen LogP contribution in [0.4, 0.5) is 0 Å². The van der Waals surface area contributed by atoms with Gasteiger partial charge in [-0.2, -0.15) is 0 Å². The first kappa shape index (κ1) is 17.0. The van der Waals surface area contributed by atoms with Crippen LogP contribution in [0.25, 0.3) is 0 Å². The fourth-order valence-electron chi connectivity index (χ4n) is 4.15. The van der Waals surface area contributed by atoms with E-state index in [1.807, 2.05) is 0 Å². The van der Waals surface area contributed by atoms with Crippen LogP contribution in [0.1, 0.15) is 39.5 Å². The van der Waals surface area contributed by atoms with E-state index in [2.05, 4.69) is 29.0 Å². The second-order valence-corrected chi connectivity index (χ2v) is 7.74. The zero-order chi connectivity index (χ0) is 16.1. The molecule has 1 unspecified atom stereocenters. The number of likely N-dealkylation sites (tertiary alicyclic amines) is 1. The topological polar surface area (TPSA) is 40.1 Å². The highest BCUT2D eigenvalue weighted by Crippen LogP contribution is 2.47. The molecule has 0 bridgehead atoms. The molecule has 0 amide bonds. The molecule has 2 saturated heterocycles. The number of nitrogens with one attached hydrogen (secondary N) is 1. The number of hydrogen-bond acceptors (Lipinski definition) is 3. The maximum absolute atomic E-state index is 5.43. The van der Waals surface area contributed by atoms with Crippen LogP contribution in [0, 0.1) is 11.3 Å². The molecule has 0 aromatic carbocycles. The number of hydrogen-bond donors (Lipinski definition) is 1. The van der Waals surface area contributed by atoms with E-state index in [9.17, 15) is 0 Å². The van der Waals surface area contributed by atoms with Gasteiger partial charge in [0.05, 0.1) is 13.2 Å². The summed E-state index contributed by atoms with van der Waals surface area (Å²) in [6.45, 7) is 13.8. The molecule has 1 saturated carbocycles. The van der Waals surface area contributed by atoms with Gasteiger partial charge in [-0.25, -0.2) is 0 Å². The minimum Gasteiger partial charge on any atom is -0.379 e. The lowest BCUT2D eigenvalue weighted by molar-refractivity contribution is 0.0323. The van der Waals surface area contributed by atoms with Gasteiger partial charge in [0.1, 0.15) is 0 Å². The molecule has 1 N–H and O–H groups in total. The molecule has 0 aromatic rings. The third-order valence-electron chi connectivity index (χ3n) is 5.71. The van der Waals surface area contributed by atoms with E-state index in [1.54, 1.807) is 0 Å². The van der Waals surface area contributed by atoms with Gasteiger partial charge in [0.15, 0.2) is 5.96 Å². The quantitative estimate of drug-likeness (QED) is 0.619. The first-order chi connectivity index (χ1) is 11.2. The Bertz CT molecular complexity index is 402. The predicted octanol–water partition coefficient (Wildman–Crippen LogP) is 1.80. The van der Waals surface area contributed by atoms with Crippen molar-refractivity contribution >= 4 is 5.96 Å². The largest absolute Gasteiger partial charge is 0.379 e. The normalized spacial score (nSPS) is 26.3. The number of guanidine groups is 1. The number of aliphatic imine (C=N–C) groups is 1. The first-order valence-corrected chi connectivity index (χ1v) is 9.54. The fraction of sp³-hybridized carbons (Fsp3) is 0.944. The Balaban J connectivity index is 1.49. The Kier molecular flexibility index (Phi) is 5.81. The molecule has 5 heteroatoms. The van der Waals surface area contributed by atoms with E-state index >= 15 is 0 Å². The van der Waals surface area contributed by atoms with Crippen molar-refractivity contribution in [1.29, 1.82) is 0 Å². The molecular formula is C18H34N4O. The molecule has 23 heavy (non-hydrogen) atoms. The fourth-order valence-corrected chi connectivity index (χ4v) is 4.15. The van der Waals surface area contributed by atoms with E-state index in [4.69, 9.17) is 9.73 Å². The molecule has 2 heterocycles. The number of ether oxygens (including phenoxy) is 1. The van der Waals surface area contributed by atoms with Gasteiger partial charge in [-0.1, -0.05) is 13.3 Å². The van der Waals surface area contributed by atoms with Crippen LogP contribution in [0.2, 0.25) is 0 Å². The summed E-state index contributed by atoms with van der Waals surface area (Å²) in [6, 6.07) is 0. The average Bonchev–Trinajstić information content (AvgIpc) is 2.98. The molecule has 3 rings (SSSR count). The second kappa shape index (κ2) is 7.84. The summed E-state index contributed by atoms with van der Waals surface area (Å²) in [5, 5.41) is 3.51. The zero-order valence-electron chi connectivity index (χ0n) is 15.0. The smallest absolute Gasteiger partial charge is 0.193 e. The third-order valence-corrected chi connectivity index (χ3v) is 5.71. The highest BCUT2D eigenvalue weighted by atomic mass is 16.5. The van der Waals surface area contributed by atoms with Gasteiger partial charge in [0.25, 0.3) is 0 Å². The summed E-state index contributed by atoms with van der Waals surface area (Å²) in [6.07, 6.45) is 5.64. The number of morpholine rings is 1. The van der Waals surface area contributed by atoms with Crippen molar-refractivity contribution in [3.05, 3.63) is 0 Å². The van der Waals surface area contributed by atoms with Crippen LogP contribution in [-0.2, 0) is 4.74 Å². The van der Waals surface area contributed by atoms with Crippen LogP contribution < -0.4 is 5.32 Å². The molecule has 1 atom stereocenters. The van der Waals surface area contributed by atoms with E-state index in [1.165, 1.54) is 38.8 Å². The molecule has 2 aliphatic heterocycles. The maximum Gasteiger partial charge on any atom is 0.193 e. The van der Waals surface area contributed by atoms with E-state index in [0.717, 1.165) is 51.9 Å². The van der Waals surface area contributed by atoms with Gasteiger partial charge in [0.2, 0.25) is 0 Å². The summed E-state index contributed by atoms with van der Waals surface area (Å²) >= 11 is 0. The van der Waals surface area contributed by atoms with Crippen LogP contribution >= 0.6 is 0 Å². The van der Waals surface area contributed by atoms with E-state index in [-0.39, 0.29) is 0 Å². The molecule has 5 nitrogen and oxygen atoms in total. The van der Waals surface area contributed by atoms with E-state index < -0.39 is 0 Å².